The second-order valence-electron chi connectivity index (χ2n) is 3.85. The molecule has 7 heteroatoms. The predicted octanol–water partition coefficient (Wildman–Crippen LogP) is 4.33. The second kappa shape index (κ2) is 4.85. The summed E-state index contributed by atoms with van der Waals surface area (Å²) in [5.41, 5.74) is 0. The van der Waals surface area contributed by atoms with Gasteiger partial charge in [0.15, 0.2) is 6.67 Å². The zero-order valence-electron chi connectivity index (χ0n) is 8.87. The molecule has 18 heavy (non-hydrogen) atoms. The summed E-state index contributed by atoms with van der Waals surface area (Å²) in [6.45, 7) is 0.726. The van der Waals surface area contributed by atoms with Crippen LogP contribution >= 0.6 is 63.7 Å². The van der Waals surface area contributed by atoms with Gasteiger partial charge in [0.1, 0.15) is 10.7 Å². The van der Waals surface area contributed by atoms with E-state index in [0.29, 0.717) is 0 Å². The first kappa shape index (κ1) is 13.0. The largest absolute Gasteiger partial charge is 0.341 e. The third kappa shape index (κ3) is 2.26. The molecular formula is C11H6Br4N3+. The fourth-order valence-electron chi connectivity index (χ4n) is 1.86. The molecule has 0 saturated carbocycles. The van der Waals surface area contributed by atoms with E-state index in [1.807, 2.05) is 24.5 Å². The Balaban J connectivity index is 2.17. The number of aliphatic imine (C=N–C) groups is 1. The van der Waals surface area contributed by atoms with Crippen molar-refractivity contribution in [2.24, 2.45) is 4.99 Å². The smallest absolute Gasteiger partial charge is 0.272 e. The zero-order chi connectivity index (χ0) is 12.9. The van der Waals surface area contributed by atoms with Gasteiger partial charge in [-0.25, -0.2) is 4.57 Å². The van der Waals surface area contributed by atoms with Crippen molar-refractivity contribution in [1.29, 1.82) is 0 Å². The molecule has 3 rings (SSSR count). The summed E-state index contributed by atoms with van der Waals surface area (Å²) < 4.78 is 6.06. The van der Waals surface area contributed by atoms with Crippen LogP contribution in [0.3, 0.4) is 0 Å². The Labute approximate surface area is 138 Å². The Kier molecular flexibility index (Phi) is 3.51. The molecule has 0 bridgehead atoms. The predicted molar refractivity (Wildman–Crippen MR) is 85.0 cm³/mol. The number of hydrogen-bond acceptors (Lipinski definition) is 2. The first-order valence-corrected chi connectivity index (χ1v) is 8.20. The lowest BCUT2D eigenvalue weighted by Crippen LogP contribution is -2.48. The molecule has 0 radical (unpaired) electrons. The number of nitrogens with zero attached hydrogens (tertiary/aromatic N) is 3. The van der Waals surface area contributed by atoms with E-state index in [1.165, 1.54) is 0 Å². The van der Waals surface area contributed by atoms with Gasteiger partial charge in [-0.3, -0.25) is 4.90 Å². The van der Waals surface area contributed by atoms with Crippen LogP contribution in [-0.2, 0) is 6.67 Å². The van der Waals surface area contributed by atoms with Crippen LogP contribution in [0.1, 0.15) is 0 Å². The molecule has 0 amide bonds. The molecule has 0 atom stereocenters. The van der Waals surface area contributed by atoms with Gasteiger partial charge in [0, 0.05) is 10.7 Å². The van der Waals surface area contributed by atoms with Crippen molar-refractivity contribution in [3.63, 3.8) is 0 Å². The highest BCUT2D eigenvalue weighted by Gasteiger charge is 2.32. The van der Waals surface area contributed by atoms with Crippen molar-refractivity contribution in [3.8, 4) is 0 Å². The van der Waals surface area contributed by atoms with Crippen LogP contribution in [0, 0.1) is 0 Å². The van der Waals surface area contributed by atoms with Crippen LogP contribution in [0.15, 0.2) is 47.4 Å². The fourth-order valence-corrected chi connectivity index (χ4v) is 4.55. The summed E-state index contributed by atoms with van der Waals surface area (Å²) in [5, 5.41) is 0. The van der Waals surface area contributed by atoms with Crippen molar-refractivity contribution in [2.45, 2.75) is 6.67 Å². The molecule has 2 aliphatic heterocycles. The summed E-state index contributed by atoms with van der Waals surface area (Å²) in [6, 6.07) is 2.00. The van der Waals surface area contributed by atoms with E-state index in [2.05, 4.69) is 78.2 Å². The van der Waals surface area contributed by atoms with Gasteiger partial charge in [0.05, 0.1) is 8.96 Å². The Bertz CT molecular complexity index is 633. The van der Waals surface area contributed by atoms with Crippen LogP contribution in [0.2, 0.25) is 0 Å². The lowest BCUT2D eigenvalue weighted by molar-refractivity contribution is -0.701. The molecule has 3 nitrogen and oxygen atoms in total. The van der Waals surface area contributed by atoms with Crippen molar-refractivity contribution >= 4 is 75.4 Å². The maximum atomic E-state index is 4.68. The van der Waals surface area contributed by atoms with Crippen molar-refractivity contribution in [3.05, 3.63) is 42.4 Å². The van der Waals surface area contributed by atoms with E-state index in [9.17, 15) is 0 Å². The summed E-state index contributed by atoms with van der Waals surface area (Å²) >= 11 is 14.1. The van der Waals surface area contributed by atoms with Crippen LogP contribution in [0.25, 0.3) is 0 Å². The molecule has 0 unspecified atom stereocenters. The number of hydrogen-bond donors (Lipinski definition) is 0. The number of amidine groups is 1. The van der Waals surface area contributed by atoms with Gasteiger partial charge in [-0.05, 0) is 80.9 Å². The molecule has 0 aliphatic carbocycles. The van der Waals surface area contributed by atoms with Crippen LogP contribution in [-0.4, -0.2) is 10.7 Å². The van der Waals surface area contributed by atoms with E-state index in [-0.39, 0.29) is 0 Å². The van der Waals surface area contributed by atoms with Crippen LogP contribution in [0.5, 0.6) is 0 Å². The molecule has 0 spiro atoms. The summed E-state index contributed by atoms with van der Waals surface area (Å²) in [6.07, 6.45) is 6.04. The molecule has 0 N–H and O–H groups in total. The third-order valence-corrected chi connectivity index (χ3v) is 4.61. The lowest BCUT2D eigenvalue weighted by Gasteiger charge is -2.24. The van der Waals surface area contributed by atoms with Crippen LogP contribution < -0.4 is 4.57 Å². The van der Waals surface area contributed by atoms with E-state index >= 15 is 0 Å². The van der Waals surface area contributed by atoms with E-state index in [4.69, 9.17) is 0 Å². The van der Waals surface area contributed by atoms with Gasteiger partial charge < -0.3 is 0 Å². The van der Waals surface area contributed by atoms with Gasteiger partial charge in [-0.2, -0.15) is 0 Å². The highest BCUT2D eigenvalue weighted by molar-refractivity contribution is 9.12. The van der Waals surface area contributed by atoms with Crippen molar-refractivity contribution in [1.82, 2.24) is 4.90 Å². The SMILES string of the molecule is BrC1=CN2C[n+]3cc(Br)cc(Br)c3N=C2C(Br)=C1. The quantitative estimate of drug-likeness (QED) is 0.487. The highest BCUT2D eigenvalue weighted by Crippen LogP contribution is 2.32. The minimum absolute atomic E-state index is 0.726. The fraction of sp³-hybridized carbons (Fsp3) is 0.0909. The molecule has 1 aromatic heterocycles. The average molecular weight is 500 g/mol. The minimum Gasteiger partial charge on any atom is -0.272 e. The van der Waals surface area contributed by atoms with Crippen molar-refractivity contribution in [2.75, 3.05) is 0 Å². The molecule has 92 valence electrons. The Morgan fingerprint density at radius 3 is 2.78 bits per heavy atom. The molecule has 1 aromatic rings. The highest BCUT2D eigenvalue weighted by atomic mass is 79.9. The molecule has 0 fully saturated rings. The number of pyridine rings is 1. The molecule has 0 aromatic carbocycles. The first-order valence-electron chi connectivity index (χ1n) is 5.03. The van der Waals surface area contributed by atoms with E-state index in [0.717, 1.165) is 36.2 Å². The van der Waals surface area contributed by atoms with Gasteiger partial charge in [0.25, 0.3) is 5.84 Å². The average Bonchev–Trinajstić information content (AvgIpc) is 2.26. The normalized spacial score (nSPS) is 17.6. The molecule has 3 heterocycles. The third-order valence-electron chi connectivity index (χ3n) is 2.58. The van der Waals surface area contributed by atoms with Crippen LogP contribution in [0.4, 0.5) is 5.82 Å². The molecule has 0 saturated heterocycles. The summed E-state index contributed by atoms with van der Waals surface area (Å²) in [5.74, 6) is 1.84. The Morgan fingerprint density at radius 2 is 2.00 bits per heavy atom. The maximum Gasteiger partial charge on any atom is 0.341 e. The number of aromatic nitrogens is 1. The Hall–Kier alpha value is 0.0200. The monoisotopic (exact) mass is 496 g/mol. The van der Waals surface area contributed by atoms with Crippen molar-refractivity contribution < 1.29 is 4.57 Å². The lowest BCUT2D eigenvalue weighted by atomic mass is 10.3. The topological polar surface area (TPSA) is 19.5 Å². The zero-order valence-corrected chi connectivity index (χ0v) is 15.2. The second-order valence-corrected chi connectivity index (χ2v) is 7.39. The number of allylic oxidation sites excluding steroid dienone is 2. The number of rotatable bonds is 0. The molecule has 2 aliphatic rings. The molecular weight excluding hydrogens is 494 g/mol. The summed E-state index contributed by atoms with van der Waals surface area (Å²) in [4.78, 5) is 6.76. The maximum absolute atomic E-state index is 4.68. The van der Waals surface area contributed by atoms with E-state index < -0.39 is 0 Å². The Morgan fingerprint density at radius 1 is 1.22 bits per heavy atom. The van der Waals surface area contributed by atoms with Gasteiger partial charge >= 0.3 is 5.82 Å². The minimum atomic E-state index is 0.726. The number of halogens is 4. The summed E-state index contributed by atoms with van der Waals surface area (Å²) in [7, 11) is 0. The standard InChI is InChI=1S/C11H6Br4N3/c12-6-1-8(14)10-16-11-9(15)2-7(13)4-18(11)5-17(10)3-6/h1-4H,5H2/q+1. The van der Waals surface area contributed by atoms with Gasteiger partial charge in [0.2, 0.25) is 0 Å². The number of fused-ring (bicyclic) bond motifs is 2. The van der Waals surface area contributed by atoms with Gasteiger partial charge in [-0.15, -0.1) is 0 Å². The first-order chi connectivity index (χ1) is 8.54. The van der Waals surface area contributed by atoms with E-state index in [1.54, 1.807) is 0 Å². The van der Waals surface area contributed by atoms with Gasteiger partial charge in [-0.1, -0.05) is 0 Å².